The molecular weight excluding hydrogens is 949 g/mol. The van der Waals surface area contributed by atoms with Gasteiger partial charge in [0.2, 0.25) is 0 Å². The Hall–Kier alpha value is -4.62. The SMILES string of the molecule is CC/C=C\C/C=C\C/C=C\C/C=C\C/C=C\CC(=O)OC1C(OCC(COC(=O)CCCCCCC/C=C\C/C=C\CCCCC)OC(=O)CCCCCCC/C=C\C/C=C\CCCCC)OC(C(=O)O)C(O)C1O. The van der Waals surface area contributed by atoms with Crippen molar-refractivity contribution in [3.63, 3.8) is 0 Å². The molecule has 6 unspecified atom stereocenters. The highest BCUT2D eigenvalue weighted by Gasteiger charge is 2.50. The lowest BCUT2D eigenvalue weighted by molar-refractivity contribution is -0.301. The van der Waals surface area contributed by atoms with Crippen molar-refractivity contribution in [1.29, 1.82) is 0 Å². The van der Waals surface area contributed by atoms with Crippen LogP contribution in [0.4, 0.5) is 0 Å². The van der Waals surface area contributed by atoms with Gasteiger partial charge in [-0.15, -0.1) is 0 Å². The predicted octanol–water partition coefficient (Wildman–Crippen LogP) is 14.7. The third kappa shape index (κ3) is 40.3. The number of carbonyl (C=O) groups excluding carboxylic acids is 3. The van der Waals surface area contributed by atoms with Crippen LogP contribution in [0.15, 0.2) is 109 Å². The molecule has 0 amide bonds. The molecule has 1 fully saturated rings. The minimum Gasteiger partial charge on any atom is -0.479 e. The van der Waals surface area contributed by atoms with Gasteiger partial charge in [-0.05, 0) is 109 Å². The van der Waals surface area contributed by atoms with Crippen LogP contribution in [0.2, 0.25) is 0 Å². The van der Waals surface area contributed by atoms with Gasteiger partial charge in [-0.25, -0.2) is 4.79 Å². The van der Waals surface area contributed by atoms with Crippen LogP contribution in [-0.2, 0) is 42.9 Å². The van der Waals surface area contributed by atoms with Crippen LogP contribution >= 0.6 is 0 Å². The summed E-state index contributed by atoms with van der Waals surface area (Å²) in [5.74, 6) is -3.33. The van der Waals surface area contributed by atoms with Crippen LogP contribution in [0.25, 0.3) is 0 Å². The number of unbranched alkanes of at least 4 members (excludes halogenated alkanes) is 16. The number of allylic oxidation sites excluding steroid dienone is 17. The molecule has 3 N–H and O–H groups in total. The maximum Gasteiger partial charge on any atom is 0.335 e. The third-order valence-corrected chi connectivity index (χ3v) is 12.3. The summed E-state index contributed by atoms with van der Waals surface area (Å²) >= 11 is 0. The van der Waals surface area contributed by atoms with E-state index in [1.165, 1.54) is 38.5 Å². The van der Waals surface area contributed by atoms with Crippen LogP contribution in [0.3, 0.4) is 0 Å². The lowest BCUT2D eigenvalue weighted by Gasteiger charge is -2.40. The number of carboxylic acids is 1. The number of aliphatic hydroxyl groups is 2. The monoisotopic (exact) mass is 1050 g/mol. The molecule has 6 atom stereocenters. The summed E-state index contributed by atoms with van der Waals surface area (Å²) in [5, 5.41) is 31.4. The summed E-state index contributed by atoms with van der Waals surface area (Å²) < 4.78 is 28.2. The highest BCUT2D eigenvalue weighted by Crippen LogP contribution is 2.26. The second kappa shape index (κ2) is 50.2. The average molecular weight is 1050 g/mol. The summed E-state index contributed by atoms with van der Waals surface area (Å²) in [6, 6.07) is 0. The van der Waals surface area contributed by atoms with E-state index in [-0.39, 0.29) is 25.9 Å². The van der Waals surface area contributed by atoms with Crippen LogP contribution in [0, 0.1) is 0 Å². The Bertz CT molecular complexity index is 1720. The van der Waals surface area contributed by atoms with E-state index < -0.39 is 67.3 Å². The van der Waals surface area contributed by atoms with E-state index in [0.717, 1.165) is 116 Å². The Morgan fingerprint density at radius 3 is 1.35 bits per heavy atom. The minimum absolute atomic E-state index is 0.128. The molecule has 0 aromatic rings. The smallest absolute Gasteiger partial charge is 0.335 e. The largest absolute Gasteiger partial charge is 0.479 e. The first kappa shape index (κ1) is 68.4. The first-order valence-electron chi connectivity index (χ1n) is 28.9. The second-order valence-corrected chi connectivity index (χ2v) is 19.2. The van der Waals surface area contributed by atoms with E-state index >= 15 is 0 Å². The molecule has 1 saturated heterocycles. The van der Waals surface area contributed by atoms with Gasteiger partial charge in [0.15, 0.2) is 24.6 Å². The van der Waals surface area contributed by atoms with E-state index in [9.17, 15) is 34.5 Å². The number of hydrogen-bond acceptors (Lipinski definition) is 11. The van der Waals surface area contributed by atoms with Gasteiger partial charge in [0, 0.05) is 12.8 Å². The molecule has 0 radical (unpaired) electrons. The number of hydrogen-bond donors (Lipinski definition) is 3. The maximum absolute atomic E-state index is 13.1. The molecule has 0 aliphatic carbocycles. The van der Waals surface area contributed by atoms with Crippen LogP contribution < -0.4 is 0 Å². The van der Waals surface area contributed by atoms with Gasteiger partial charge >= 0.3 is 23.9 Å². The van der Waals surface area contributed by atoms with Gasteiger partial charge in [0.05, 0.1) is 13.0 Å². The van der Waals surface area contributed by atoms with Crippen molar-refractivity contribution in [2.75, 3.05) is 13.2 Å². The Morgan fingerprint density at radius 2 is 0.880 bits per heavy atom. The van der Waals surface area contributed by atoms with E-state index in [0.29, 0.717) is 19.3 Å². The Balaban J connectivity index is 2.78. The zero-order valence-electron chi connectivity index (χ0n) is 46.5. The number of aliphatic hydroxyl groups excluding tert-OH is 2. The molecule has 12 heteroatoms. The zero-order valence-corrected chi connectivity index (χ0v) is 46.5. The van der Waals surface area contributed by atoms with Crippen molar-refractivity contribution in [2.45, 2.75) is 250 Å². The fraction of sp³-hybridized carbons (Fsp3) is 0.651. The van der Waals surface area contributed by atoms with Crippen molar-refractivity contribution in [3.8, 4) is 0 Å². The highest BCUT2D eigenvalue weighted by atomic mass is 16.7. The average Bonchev–Trinajstić information content (AvgIpc) is 3.39. The summed E-state index contributed by atoms with van der Waals surface area (Å²) in [4.78, 5) is 51.0. The molecule has 0 aromatic heterocycles. The topological polar surface area (TPSA) is 175 Å². The fourth-order valence-electron chi connectivity index (χ4n) is 7.91. The van der Waals surface area contributed by atoms with E-state index in [4.69, 9.17) is 23.7 Å². The van der Waals surface area contributed by atoms with E-state index in [1.54, 1.807) is 12.2 Å². The van der Waals surface area contributed by atoms with Crippen molar-refractivity contribution >= 4 is 23.9 Å². The molecule has 0 bridgehead atoms. The number of esters is 3. The molecule has 1 aliphatic rings. The maximum atomic E-state index is 13.1. The molecule has 12 nitrogen and oxygen atoms in total. The lowest BCUT2D eigenvalue weighted by atomic mass is 9.98. The molecular formula is C63H100O12. The quantitative estimate of drug-likeness (QED) is 0.0228. The van der Waals surface area contributed by atoms with Crippen molar-refractivity contribution in [2.24, 2.45) is 0 Å². The Labute approximate surface area is 453 Å². The molecule has 1 aliphatic heterocycles. The van der Waals surface area contributed by atoms with Crippen molar-refractivity contribution in [3.05, 3.63) is 109 Å². The summed E-state index contributed by atoms with van der Waals surface area (Å²) in [5.41, 5.74) is 0. The van der Waals surface area contributed by atoms with Gasteiger partial charge in [-0.2, -0.15) is 0 Å². The molecule has 75 heavy (non-hydrogen) atoms. The highest BCUT2D eigenvalue weighted by molar-refractivity contribution is 5.74. The molecule has 0 saturated carbocycles. The Morgan fingerprint density at radius 1 is 0.467 bits per heavy atom. The fourth-order valence-corrected chi connectivity index (χ4v) is 7.91. The lowest BCUT2D eigenvalue weighted by Crippen LogP contribution is -2.61. The zero-order chi connectivity index (χ0) is 54.7. The standard InChI is InChI=1S/C63H100O12/c1-4-7-10-13-16-19-22-25-28-31-34-37-40-43-46-49-55(64)71-52-54(73-56(65)50-47-44-41-38-35-32-29-26-23-20-17-14-11-8-5-2)53-72-63-61(59(68)58(67)60(75-63)62(69)70)74-57(66)51-48-45-42-39-36-33-30-27-24-21-18-15-12-9-6-3/h9,12,16-21,25-30,36,39,45,48,54,58-61,63,67-68H,4-8,10-11,13-15,22-24,31-35,37-38,40-44,46-47,49-53H2,1-3H3,(H,69,70)/b12-9-,19-16-,20-17-,21-18-,28-25-,29-26-,30-27-,39-36-,48-45-. The van der Waals surface area contributed by atoms with Crippen LogP contribution in [0.5, 0.6) is 0 Å². The molecule has 424 valence electrons. The van der Waals surface area contributed by atoms with Gasteiger partial charge < -0.3 is 39.0 Å². The first-order chi connectivity index (χ1) is 36.6. The minimum atomic E-state index is -1.94. The second-order valence-electron chi connectivity index (χ2n) is 19.2. The number of carbonyl (C=O) groups is 4. The number of aliphatic carboxylic acids is 1. The van der Waals surface area contributed by atoms with E-state index in [2.05, 4.69) is 106 Å². The Kier molecular flexibility index (Phi) is 45.8. The first-order valence-corrected chi connectivity index (χ1v) is 28.9. The normalized spacial score (nSPS) is 19.0. The third-order valence-electron chi connectivity index (χ3n) is 12.3. The van der Waals surface area contributed by atoms with Gasteiger partial charge in [-0.3, -0.25) is 14.4 Å². The number of carboxylic acid groups (broad SMARTS) is 1. The molecule has 1 heterocycles. The van der Waals surface area contributed by atoms with Crippen LogP contribution in [-0.4, -0.2) is 89.2 Å². The molecule has 0 aromatic carbocycles. The summed E-state index contributed by atoms with van der Waals surface area (Å²) in [6.07, 6.45) is 55.1. The van der Waals surface area contributed by atoms with Crippen LogP contribution in [0.1, 0.15) is 213 Å². The van der Waals surface area contributed by atoms with Gasteiger partial charge in [0.1, 0.15) is 18.8 Å². The van der Waals surface area contributed by atoms with Crippen molar-refractivity contribution in [1.82, 2.24) is 0 Å². The van der Waals surface area contributed by atoms with E-state index in [1.807, 2.05) is 12.2 Å². The summed E-state index contributed by atoms with van der Waals surface area (Å²) in [7, 11) is 0. The predicted molar refractivity (Wildman–Crippen MR) is 303 cm³/mol. The number of rotatable bonds is 47. The molecule has 0 spiro atoms. The molecule has 1 rings (SSSR count). The van der Waals surface area contributed by atoms with Crippen molar-refractivity contribution < 1.29 is 58.2 Å². The van der Waals surface area contributed by atoms with Gasteiger partial charge in [-0.1, -0.05) is 194 Å². The number of ether oxygens (including phenoxy) is 5. The van der Waals surface area contributed by atoms with Gasteiger partial charge in [0.25, 0.3) is 0 Å². The summed E-state index contributed by atoms with van der Waals surface area (Å²) in [6.45, 7) is 5.74.